The van der Waals surface area contributed by atoms with E-state index in [0.717, 1.165) is 49.0 Å². The molecule has 1 aromatic carbocycles. The molecule has 0 saturated carbocycles. The minimum absolute atomic E-state index is 0.390. The van der Waals surface area contributed by atoms with E-state index in [1.807, 2.05) is 54.2 Å². The molecule has 0 N–H and O–H groups in total. The molecule has 0 spiro atoms. The molecule has 1 aliphatic rings. The first-order valence-corrected chi connectivity index (χ1v) is 8.28. The Morgan fingerprint density at radius 3 is 2.79 bits per heavy atom. The molecule has 3 aromatic rings. The summed E-state index contributed by atoms with van der Waals surface area (Å²) in [4.78, 5) is 11.5. The Kier molecular flexibility index (Phi) is 3.94. The SMILES string of the molecule is Cn1cnnc1[C@H]1CCCN(c2ccnc(-c3ccccc3)n2)C1. The Morgan fingerprint density at radius 2 is 2.00 bits per heavy atom. The molecule has 0 unspecified atom stereocenters. The molecule has 24 heavy (non-hydrogen) atoms. The molecule has 0 amide bonds. The van der Waals surface area contributed by atoms with Gasteiger partial charge in [-0.05, 0) is 18.9 Å². The van der Waals surface area contributed by atoms with Gasteiger partial charge in [0, 0.05) is 37.8 Å². The van der Waals surface area contributed by atoms with Crippen LogP contribution in [0.25, 0.3) is 11.4 Å². The van der Waals surface area contributed by atoms with Gasteiger partial charge in [-0.3, -0.25) is 0 Å². The molecule has 6 heteroatoms. The average molecular weight is 320 g/mol. The summed E-state index contributed by atoms with van der Waals surface area (Å²) in [5.41, 5.74) is 1.04. The van der Waals surface area contributed by atoms with Gasteiger partial charge < -0.3 is 9.47 Å². The largest absolute Gasteiger partial charge is 0.356 e. The van der Waals surface area contributed by atoms with Crippen LogP contribution in [-0.4, -0.2) is 37.8 Å². The summed E-state index contributed by atoms with van der Waals surface area (Å²) in [6.45, 7) is 1.93. The zero-order chi connectivity index (χ0) is 16.4. The van der Waals surface area contributed by atoms with Crippen LogP contribution in [0.4, 0.5) is 5.82 Å². The predicted octanol–water partition coefficient (Wildman–Crippen LogP) is 2.66. The minimum atomic E-state index is 0.390. The summed E-state index contributed by atoms with van der Waals surface area (Å²) < 4.78 is 2.02. The summed E-state index contributed by atoms with van der Waals surface area (Å²) in [6, 6.07) is 12.1. The van der Waals surface area contributed by atoms with Crippen molar-refractivity contribution in [3.63, 3.8) is 0 Å². The molecule has 0 aliphatic carbocycles. The maximum Gasteiger partial charge on any atom is 0.161 e. The lowest BCUT2D eigenvalue weighted by Crippen LogP contribution is -2.35. The third kappa shape index (κ3) is 2.87. The summed E-state index contributed by atoms with van der Waals surface area (Å²) in [7, 11) is 2.01. The number of hydrogen-bond acceptors (Lipinski definition) is 5. The minimum Gasteiger partial charge on any atom is -0.356 e. The fourth-order valence-corrected chi connectivity index (χ4v) is 3.31. The molecule has 6 nitrogen and oxygen atoms in total. The van der Waals surface area contributed by atoms with E-state index >= 15 is 0 Å². The second-order valence-electron chi connectivity index (χ2n) is 6.19. The van der Waals surface area contributed by atoms with Gasteiger partial charge in [0.05, 0.1) is 0 Å². The summed E-state index contributed by atoms with van der Waals surface area (Å²) in [6.07, 6.45) is 5.88. The Bertz CT molecular complexity index is 813. The van der Waals surface area contributed by atoms with Crippen molar-refractivity contribution in [3.8, 4) is 11.4 Å². The van der Waals surface area contributed by atoms with Gasteiger partial charge in [-0.2, -0.15) is 0 Å². The van der Waals surface area contributed by atoms with E-state index < -0.39 is 0 Å². The van der Waals surface area contributed by atoms with Crippen molar-refractivity contribution in [2.45, 2.75) is 18.8 Å². The van der Waals surface area contributed by atoms with Crippen LogP contribution in [0.1, 0.15) is 24.6 Å². The highest BCUT2D eigenvalue weighted by atomic mass is 15.3. The number of nitrogens with zero attached hydrogens (tertiary/aromatic N) is 6. The molecular formula is C18H20N6. The van der Waals surface area contributed by atoms with Gasteiger partial charge in [-0.25, -0.2) is 9.97 Å². The molecular weight excluding hydrogens is 300 g/mol. The van der Waals surface area contributed by atoms with Crippen LogP contribution in [0.15, 0.2) is 48.9 Å². The van der Waals surface area contributed by atoms with Crippen LogP contribution in [-0.2, 0) is 7.05 Å². The predicted molar refractivity (Wildman–Crippen MR) is 92.7 cm³/mol. The molecule has 3 heterocycles. The fraction of sp³-hybridized carbons (Fsp3) is 0.333. The normalized spacial score (nSPS) is 17.9. The van der Waals surface area contributed by atoms with E-state index in [1.165, 1.54) is 0 Å². The number of benzene rings is 1. The molecule has 1 fully saturated rings. The third-order valence-corrected chi connectivity index (χ3v) is 4.53. The lowest BCUT2D eigenvalue weighted by Gasteiger charge is -2.33. The highest BCUT2D eigenvalue weighted by Gasteiger charge is 2.25. The summed E-state index contributed by atoms with van der Waals surface area (Å²) in [5.74, 6) is 3.20. The van der Waals surface area contributed by atoms with Gasteiger partial charge in [0.1, 0.15) is 18.0 Å². The van der Waals surface area contributed by atoms with Gasteiger partial charge in [-0.1, -0.05) is 30.3 Å². The van der Waals surface area contributed by atoms with Crippen molar-refractivity contribution in [2.75, 3.05) is 18.0 Å². The van der Waals surface area contributed by atoms with Crippen LogP contribution >= 0.6 is 0 Å². The van der Waals surface area contributed by atoms with Crippen molar-refractivity contribution >= 4 is 5.82 Å². The first-order chi connectivity index (χ1) is 11.8. The monoisotopic (exact) mass is 320 g/mol. The van der Waals surface area contributed by atoms with Crippen molar-refractivity contribution in [1.29, 1.82) is 0 Å². The van der Waals surface area contributed by atoms with E-state index in [4.69, 9.17) is 4.98 Å². The van der Waals surface area contributed by atoms with Gasteiger partial charge >= 0.3 is 0 Å². The molecule has 0 bridgehead atoms. The van der Waals surface area contributed by atoms with E-state index in [9.17, 15) is 0 Å². The topological polar surface area (TPSA) is 59.7 Å². The first kappa shape index (κ1) is 14.8. The zero-order valence-corrected chi connectivity index (χ0v) is 13.7. The summed E-state index contributed by atoms with van der Waals surface area (Å²) >= 11 is 0. The van der Waals surface area contributed by atoms with Crippen LogP contribution in [0.3, 0.4) is 0 Å². The first-order valence-electron chi connectivity index (χ1n) is 8.28. The van der Waals surface area contributed by atoms with E-state index in [-0.39, 0.29) is 0 Å². The van der Waals surface area contributed by atoms with Gasteiger partial charge in [0.15, 0.2) is 5.82 Å². The van der Waals surface area contributed by atoms with Crippen LogP contribution in [0.5, 0.6) is 0 Å². The highest BCUT2D eigenvalue weighted by molar-refractivity contribution is 5.57. The van der Waals surface area contributed by atoms with Crippen molar-refractivity contribution in [1.82, 2.24) is 24.7 Å². The smallest absolute Gasteiger partial charge is 0.161 e. The van der Waals surface area contributed by atoms with E-state index in [0.29, 0.717) is 5.92 Å². The number of anilines is 1. The van der Waals surface area contributed by atoms with E-state index in [2.05, 4.69) is 20.1 Å². The number of aromatic nitrogens is 5. The second kappa shape index (κ2) is 6.39. The number of piperidine rings is 1. The fourth-order valence-electron chi connectivity index (χ4n) is 3.31. The van der Waals surface area contributed by atoms with Gasteiger partial charge in [0.25, 0.3) is 0 Å². The number of hydrogen-bond donors (Lipinski definition) is 0. The molecule has 1 aliphatic heterocycles. The Labute approximate surface area is 141 Å². The lowest BCUT2D eigenvalue weighted by atomic mass is 9.97. The Hall–Kier alpha value is -2.76. The van der Waals surface area contributed by atoms with E-state index in [1.54, 1.807) is 6.33 Å². The molecule has 4 rings (SSSR count). The number of aryl methyl sites for hydroxylation is 1. The van der Waals surface area contributed by atoms with Crippen molar-refractivity contribution < 1.29 is 0 Å². The average Bonchev–Trinajstić information content (AvgIpc) is 3.09. The van der Waals surface area contributed by atoms with Crippen molar-refractivity contribution in [3.05, 3.63) is 54.7 Å². The van der Waals surface area contributed by atoms with Gasteiger partial charge in [-0.15, -0.1) is 10.2 Å². The van der Waals surface area contributed by atoms with Crippen LogP contribution in [0.2, 0.25) is 0 Å². The summed E-state index contributed by atoms with van der Waals surface area (Å²) in [5, 5.41) is 8.30. The quantitative estimate of drug-likeness (QED) is 0.742. The van der Waals surface area contributed by atoms with Gasteiger partial charge in [0.2, 0.25) is 0 Å². The molecule has 1 atom stereocenters. The Balaban J connectivity index is 1.58. The maximum absolute atomic E-state index is 4.78. The maximum atomic E-state index is 4.78. The van der Waals surface area contributed by atoms with Crippen LogP contribution < -0.4 is 4.90 Å². The molecule has 0 radical (unpaired) electrons. The molecule has 122 valence electrons. The molecule has 1 saturated heterocycles. The standard InChI is InChI=1S/C18H20N6/c1-23-13-20-22-18(23)15-8-5-11-24(12-15)16-9-10-19-17(21-16)14-6-3-2-4-7-14/h2-4,6-7,9-10,13,15H,5,8,11-12H2,1H3/t15-/m0/s1. The van der Waals surface area contributed by atoms with Crippen LogP contribution in [0, 0.1) is 0 Å². The Morgan fingerprint density at radius 1 is 1.12 bits per heavy atom. The molecule has 2 aromatic heterocycles. The lowest BCUT2D eigenvalue weighted by molar-refractivity contribution is 0.477. The third-order valence-electron chi connectivity index (χ3n) is 4.53. The number of rotatable bonds is 3. The van der Waals surface area contributed by atoms with Crippen molar-refractivity contribution in [2.24, 2.45) is 7.05 Å². The zero-order valence-electron chi connectivity index (χ0n) is 13.7. The highest BCUT2D eigenvalue weighted by Crippen LogP contribution is 2.28. The second-order valence-corrected chi connectivity index (χ2v) is 6.19.